The van der Waals surface area contributed by atoms with Crippen molar-refractivity contribution >= 4 is 5.91 Å². The van der Waals surface area contributed by atoms with Crippen LogP contribution in [0.15, 0.2) is 0 Å². The van der Waals surface area contributed by atoms with Gasteiger partial charge in [-0.25, -0.2) is 0 Å². The van der Waals surface area contributed by atoms with Crippen LogP contribution in [0.1, 0.15) is 6.92 Å². The van der Waals surface area contributed by atoms with E-state index in [2.05, 4.69) is 0 Å². The average molecular weight is 144 g/mol. The quantitative estimate of drug-likeness (QED) is 0.510. The van der Waals surface area contributed by atoms with Crippen molar-refractivity contribution in [2.45, 2.75) is 13.2 Å². The lowest BCUT2D eigenvalue weighted by molar-refractivity contribution is -0.134. The van der Waals surface area contributed by atoms with Crippen molar-refractivity contribution in [1.29, 1.82) is 0 Å². The van der Waals surface area contributed by atoms with E-state index in [0.29, 0.717) is 0 Å². The summed E-state index contributed by atoms with van der Waals surface area (Å²) >= 11 is 0. The van der Waals surface area contributed by atoms with Gasteiger partial charge >= 0.3 is 0 Å². The van der Waals surface area contributed by atoms with E-state index in [0.717, 1.165) is 0 Å². The van der Waals surface area contributed by atoms with Crippen LogP contribution in [0.5, 0.6) is 0 Å². The Morgan fingerprint density at radius 3 is 3.00 bits per heavy atom. The lowest BCUT2D eigenvalue weighted by Gasteiger charge is -2.29. The summed E-state index contributed by atoms with van der Waals surface area (Å²) in [7, 11) is 1.55. The van der Waals surface area contributed by atoms with Crippen LogP contribution in [0.4, 0.5) is 0 Å². The number of hydrogen-bond acceptors (Lipinski definition) is 3. The number of carbonyl (C=O) groups is 1. The topological polar surface area (TPSA) is 38.8 Å². The van der Waals surface area contributed by atoms with Crippen molar-refractivity contribution < 1.29 is 14.3 Å². The highest BCUT2D eigenvalue weighted by atomic mass is 16.5. The molecule has 0 aliphatic carbocycles. The van der Waals surface area contributed by atoms with Gasteiger partial charge in [0.2, 0.25) is 5.91 Å². The smallest absolute Gasteiger partial charge is 0.220 e. The summed E-state index contributed by atoms with van der Waals surface area (Å²) in [6.07, 6.45) is -0.227. The Hall–Kier alpha value is -0.610. The Balaban J connectivity index is 2.46. The highest BCUT2D eigenvalue weighted by Gasteiger charge is 2.16. The molecule has 0 spiro atoms. The summed E-state index contributed by atoms with van der Waals surface area (Å²) in [4.78, 5) is 12.3. The van der Waals surface area contributed by atoms with Gasteiger partial charge in [0.1, 0.15) is 6.23 Å². The van der Waals surface area contributed by atoms with E-state index in [1.54, 1.807) is 14.0 Å². The third-order valence-electron chi connectivity index (χ3n) is 1.42. The zero-order chi connectivity index (χ0) is 7.56. The largest absolute Gasteiger partial charge is 0.524 e. The normalized spacial score (nSPS) is 21.8. The van der Waals surface area contributed by atoms with Crippen LogP contribution in [0.3, 0.4) is 0 Å². The van der Waals surface area contributed by atoms with E-state index in [-0.39, 0.29) is 18.7 Å². The zero-order valence-corrected chi connectivity index (χ0v) is 6.03. The monoisotopic (exact) mass is 144 g/mol. The minimum atomic E-state index is -0.227. The van der Waals surface area contributed by atoms with Gasteiger partial charge in [0, 0.05) is 7.11 Å². The predicted octanol–water partition coefficient (Wildman–Crippen LogP) is -0.0431. The Kier molecular flexibility index (Phi) is 2.24. The molecule has 1 aliphatic heterocycles. The second-order valence-corrected chi connectivity index (χ2v) is 2.05. The number of carbonyl (C=O) groups excluding carboxylic acids is 1. The second kappa shape index (κ2) is 2.98. The number of rotatable bonds is 2. The first-order chi connectivity index (χ1) is 4.75. The van der Waals surface area contributed by atoms with Gasteiger partial charge in [-0.05, 0) is 6.92 Å². The summed E-state index contributed by atoms with van der Waals surface area (Å²) in [6.45, 7) is 3.30. The van der Waals surface area contributed by atoms with Crippen LogP contribution in [0, 0.1) is 6.73 Å². The van der Waals surface area contributed by atoms with E-state index >= 15 is 0 Å². The number of amides is 1. The summed E-state index contributed by atoms with van der Waals surface area (Å²) in [6, 6.07) is 0. The molecule has 4 heteroatoms. The summed E-state index contributed by atoms with van der Waals surface area (Å²) < 4.78 is 9.66. The highest BCUT2D eigenvalue weighted by Crippen LogP contribution is 2.10. The molecule has 4 nitrogen and oxygen atoms in total. The van der Waals surface area contributed by atoms with Crippen LogP contribution < -0.4 is 0 Å². The van der Waals surface area contributed by atoms with Crippen molar-refractivity contribution in [3.05, 3.63) is 6.73 Å². The molecule has 1 amide bonds. The van der Waals surface area contributed by atoms with E-state index in [9.17, 15) is 4.79 Å². The van der Waals surface area contributed by atoms with Crippen molar-refractivity contribution in [1.82, 2.24) is 4.90 Å². The minimum absolute atomic E-state index is 0.0608. The molecule has 1 unspecified atom stereocenters. The molecular formula is C6H10NO3-. The maximum atomic E-state index is 10.9. The molecule has 1 atom stereocenters. The predicted molar refractivity (Wildman–Crippen MR) is 33.6 cm³/mol. The van der Waals surface area contributed by atoms with Gasteiger partial charge in [-0.3, -0.25) is 4.79 Å². The van der Waals surface area contributed by atoms with E-state index in [4.69, 9.17) is 9.47 Å². The minimum Gasteiger partial charge on any atom is -0.524 e. The molecule has 1 saturated heterocycles. The van der Waals surface area contributed by atoms with Gasteiger partial charge in [0.05, 0.1) is 6.61 Å². The van der Waals surface area contributed by atoms with Crippen molar-refractivity contribution in [3.8, 4) is 0 Å². The Labute approximate surface area is 59.7 Å². The van der Waals surface area contributed by atoms with Gasteiger partial charge < -0.3 is 14.4 Å². The molecule has 58 valence electrons. The standard InChI is InChI=1S/C6H10NO3/c1-5(9-2)7-4-10-3-6(7)8/h4-5H,3H2,1-2H3/q-1. The molecule has 1 aliphatic rings. The first-order valence-corrected chi connectivity index (χ1v) is 3.04. The van der Waals surface area contributed by atoms with Crippen LogP contribution >= 0.6 is 0 Å². The average Bonchev–Trinajstić information content (AvgIpc) is 2.34. The molecule has 0 bridgehead atoms. The summed E-state index contributed by atoms with van der Waals surface area (Å²) in [5, 5.41) is 0. The first-order valence-electron chi connectivity index (χ1n) is 3.04. The number of ether oxygens (including phenoxy) is 2. The van der Waals surface area contributed by atoms with Crippen molar-refractivity contribution in [2.24, 2.45) is 0 Å². The molecular weight excluding hydrogens is 134 g/mol. The summed E-state index contributed by atoms with van der Waals surface area (Å²) in [5.74, 6) is -0.0608. The zero-order valence-electron chi connectivity index (χ0n) is 6.03. The van der Waals surface area contributed by atoms with Crippen LogP contribution in [-0.2, 0) is 14.3 Å². The van der Waals surface area contributed by atoms with Gasteiger partial charge in [0.25, 0.3) is 0 Å². The van der Waals surface area contributed by atoms with E-state index in [1.807, 2.05) is 0 Å². The molecule has 0 aromatic carbocycles. The SMILES string of the molecule is COC(C)N1[CH-]OCC1=O. The maximum Gasteiger partial charge on any atom is 0.220 e. The van der Waals surface area contributed by atoms with E-state index in [1.165, 1.54) is 11.6 Å². The molecule has 10 heavy (non-hydrogen) atoms. The van der Waals surface area contributed by atoms with Gasteiger partial charge in [-0.15, -0.1) is 6.73 Å². The molecule has 1 fully saturated rings. The van der Waals surface area contributed by atoms with Crippen LogP contribution in [0.25, 0.3) is 0 Å². The molecule has 0 N–H and O–H groups in total. The van der Waals surface area contributed by atoms with Gasteiger partial charge in [-0.1, -0.05) is 0 Å². The van der Waals surface area contributed by atoms with Crippen LogP contribution in [0.2, 0.25) is 0 Å². The lowest BCUT2D eigenvalue weighted by Crippen LogP contribution is -2.33. The highest BCUT2D eigenvalue weighted by molar-refractivity contribution is 5.79. The Morgan fingerprint density at radius 2 is 2.60 bits per heavy atom. The molecule has 1 rings (SSSR count). The Bertz CT molecular complexity index is 137. The molecule has 0 saturated carbocycles. The fourth-order valence-corrected chi connectivity index (χ4v) is 0.724. The fraction of sp³-hybridized carbons (Fsp3) is 0.667. The van der Waals surface area contributed by atoms with Crippen molar-refractivity contribution in [3.63, 3.8) is 0 Å². The third-order valence-corrected chi connectivity index (χ3v) is 1.42. The third kappa shape index (κ3) is 1.27. The molecule has 0 aromatic rings. The number of methoxy groups -OCH3 is 1. The van der Waals surface area contributed by atoms with E-state index < -0.39 is 0 Å². The van der Waals surface area contributed by atoms with Gasteiger partial charge in [0.15, 0.2) is 0 Å². The molecule has 0 aromatic heterocycles. The van der Waals surface area contributed by atoms with Crippen molar-refractivity contribution in [2.75, 3.05) is 13.7 Å². The maximum absolute atomic E-state index is 10.9. The summed E-state index contributed by atoms with van der Waals surface area (Å²) in [5.41, 5.74) is 0. The number of nitrogens with zero attached hydrogens (tertiary/aromatic N) is 1. The number of hydrogen-bond donors (Lipinski definition) is 0. The first kappa shape index (κ1) is 7.50. The second-order valence-electron chi connectivity index (χ2n) is 2.05. The lowest BCUT2D eigenvalue weighted by atomic mass is 10.5. The molecule has 0 radical (unpaired) electrons. The Morgan fingerprint density at radius 1 is 1.90 bits per heavy atom. The molecule has 1 heterocycles. The fourth-order valence-electron chi connectivity index (χ4n) is 0.724. The van der Waals surface area contributed by atoms with Crippen LogP contribution in [-0.4, -0.2) is 30.8 Å². The van der Waals surface area contributed by atoms with Gasteiger partial charge in [-0.2, -0.15) is 0 Å².